The highest BCUT2D eigenvalue weighted by atomic mass is 19.1. The zero-order valence-electron chi connectivity index (χ0n) is 19.2. The van der Waals surface area contributed by atoms with Gasteiger partial charge in [-0.25, -0.2) is 4.39 Å². The number of rotatable bonds is 9. The lowest BCUT2D eigenvalue weighted by molar-refractivity contribution is -0.142. The van der Waals surface area contributed by atoms with Crippen molar-refractivity contribution in [1.82, 2.24) is 10.3 Å². The molecule has 174 valence electrons. The number of benzene rings is 2. The Morgan fingerprint density at radius 2 is 1.70 bits per heavy atom. The summed E-state index contributed by atoms with van der Waals surface area (Å²) in [6.07, 6.45) is 3.62. The maximum Gasteiger partial charge on any atom is 0.319 e. The quantitative estimate of drug-likeness (QED) is 0.464. The molecule has 1 aromatic heterocycles. The van der Waals surface area contributed by atoms with Crippen molar-refractivity contribution in [2.75, 3.05) is 18.5 Å². The van der Waals surface area contributed by atoms with E-state index in [-0.39, 0.29) is 18.8 Å². The van der Waals surface area contributed by atoms with Crippen LogP contribution in [0.3, 0.4) is 0 Å². The molecule has 0 aliphatic heterocycles. The minimum Gasteiger partial charge on any atom is -0.465 e. The molecule has 0 radical (unpaired) electrons. The standard InChI is InChI=1S/C24H24FN3O3.C2H6/c1-2-31-23(29)16-27-22(14-17-6-4-3-5-7-17)24(30)28-21-15-19(8-9-20(21)25)18-10-12-26-13-11-18;1-2/h3-13,15,22,27H,2,14,16H2,1H3,(H,28,30);1-2H3. The smallest absolute Gasteiger partial charge is 0.319 e. The van der Waals surface area contributed by atoms with E-state index in [2.05, 4.69) is 15.6 Å². The Balaban J connectivity index is 0.00000187. The van der Waals surface area contributed by atoms with Gasteiger partial charge in [0.15, 0.2) is 0 Å². The Morgan fingerprint density at radius 3 is 2.36 bits per heavy atom. The number of amides is 1. The molecular weight excluding hydrogens is 421 g/mol. The van der Waals surface area contributed by atoms with Crippen molar-refractivity contribution in [1.29, 1.82) is 0 Å². The van der Waals surface area contributed by atoms with E-state index in [1.807, 2.05) is 44.2 Å². The van der Waals surface area contributed by atoms with Crippen molar-refractivity contribution in [3.8, 4) is 11.1 Å². The Morgan fingerprint density at radius 1 is 1.00 bits per heavy atom. The summed E-state index contributed by atoms with van der Waals surface area (Å²) in [5.41, 5.74) is 2.57. The van der Waals surface area contributed by atoms with Gasteiger partial charge >= 0.3 is 5.97 Å². The number of halogens is 1. The van der Waals surface area contributed by atoms with Gasteiger partial charge in [-0.1, -0.05) is 50.2 Å². The Bertz CT molecular complexity index is 1010. The molecule has 3 aromatic rings. The van der Waals surface area contributed by atoms with Crippen molar-refractivity contribution in [2.24, 2.45) is 0 Å². The number of pyridine rings is 1. The predicted molar refractivity (Wildman–Crippen MR) is 128 cm³/mol. The third-order valence-electron chi connectivity index (χ3n) is 4.64. The molecule has 0 aliphatic rings. The topological polar surface area (TPSA) is 80.3 Å². The molecule has 33 heavy (non-hydrogen) atoms. The molecule has 1 heterocycles. The van der Waals surface area contributed by atoms with E-state index >= 15 is 0 Å². The molecule has 6 nitrogen and oxygen atoms in total. The van der Waals surface area contributed by atoms with Crippen LogP contribution in [0.4, 0.5) is 10.1 Å². The highest BCUT2D eigenvalue weighted by Gasteiger charge is 2.21. The summed E-state index contributed by atoms with van der Waals surface area (Å²) in [5.74, 6) is -1.45. The van der Waals surface area contributed by atoms with Crippen LogP contribution in [0.5, 0.6) is 0 Å². The fraction of sp³-hybridized carbons (Fsp3) is 0.269. The Hall–Kier alpha value is -3.58. The zero-order chi connectivity index (χ0) is 24.1. The Kier molecular flexibility index (Phi) is 10.7. The second-order valence-corrected chi connectivity index (χ2v) is 6.85. The zero-order valence-corrected chi connectivity index (χ0v) is 19.2. The number of carbonyl (C=O) groups excluding carboxylic acids is 2. The predicted octanol–water partition coefficient (Wildman–Crippen LogP) is 4.62. The van der Waals surface area contributed by atoms with Gasteiger partial charge in [-0.2, -0.15) is 0 Å². The first-order chi connectivity index (χ1) is 16.1. The maximum absolute atomic E-state index is 14.4. The highest BCUT2D eigenvalue weighted by Crippen LogP contribution is 2.24. The summed E-state index contributed by atoms with van der Waals surface area (Å²) in [4.78, 5) is 28.7. The minimum absolute atomic E-state index is 0.0651. The average molecular weight is 452 g/mol. The van der Waals surface area contributed by atoms with Crippen molar-refractivity contribution in [3.63, 3.8) is 0 Å². The minimum atomic E-state index is -0.754. The van der Waals surface area contributed by atoms with Crippen molar-refractivity contribution in [2.45, 2.75) is 33.2 Å². The first kappa shape index (κ1) is 25.7. The van der Waals surface area contributed by atoms with Gasteiger partial charge < -0.3 is 10.1 Å². The van der Waals surface area contributed by atoms with Gasteiger partial charge in [0.25, 0.3) is 0 Å². The van der Waals surface area contributed by atoms with Gasteiger partial charge in [0.05, 0.1) is 24.9 Å². The van der Waals surface area contributed by atoms with Crippen molar-refractivity contribution in [3.05, 3.63) is 84.4 Å². The molecule has 0 saturated heterocycles. The van der Waals surface area contributed by atoms with Crippen LogP contribution in [0.1, 0.15) is 26.3 Å². The molecule has 0 aliphatic carbocycles. The number of ether oxygens (including phenoxy) is 1. The lowest BCUT2D eigenvalue weighted by atomic mass is 10.0. The monoisotopic (exact) mass is 451 g/mol. The van der Waals surface area contributed by atoms with Gasteiger partial charge in [-0.15, -0.1) is 0 Å². The van der Waals surface area contributed by atoms with E-state index in [0.717, 1.165) is 16.7 Å². The fourth-order valence-corrected chi connectivity index (χ4v) is 3.09. The number of aromatic nitrogens is 1. The lowest BCUT2D eigenvalue weighted by Gasteiger charge is -2.19. The molecule has 0 saturated carbocycles. The third-order valence-corrected chi connectivity index (χ3v) is 4.64. The maximum atomic E-state index is 14.4. The van der Waals surface area contributed by atoms with Gasteiger partial charge in [0, 0.05) is 12.4 Å². The fourth-order valence-electron chi connectivity index (χ4n) is 3.09. The molecule has 3 rings (SSSR count). The molecule has 0 fully saturated rings. The van der Waals surface area contributed by atoms with Crippen LogP contribution in [0.15, 0.2) is 73.1 Å². The molecule has 1 amide bonds. The van der Waals surface area contributed by atoms with E-state index < -0.39 is 23.7 Å². The molecule has 2 N–H and O–H groups in total. The molecule has 2 aromatic carbocycles. The first-order valence-electron chi connectivity index (χ1n) is 11.0. The summed E-state index contributed by atoms with van der Waals surface area (Å²) < 4.78 is 19.4. The van der Waals surface area contributed by atoms with E-state index in [1.165, 1.54) is 6.07 Å². The largest absolute Gasteiger partial charge is 0.465 e. The number of carbonyl (C=O) groups is 2. The van der Waals surface area contributed by atoms with Gasteiger partial charge in [0.2, 0.25) is 5.91 Å². The molecular formula is C26H30FN3O3. The van der Waals surface area contributed by atoms with Gasteiger partial charge in [-0.05, 0) is 54.3 Å². The number of esters is 1. The summed E-state index contributed by atoms with van der Waals surface area (Å²) >= 11 is 0. The number of nitrogens with one attached hydrogen (secondary N) is 2. The van der Waals surface area contributed by atoms with Crippen LogP contribution in [0.2, 0.25) is 0 Å². The second-order valence-electron chi connectivity index (χ2n) is 6.85. The van der Waals surface area contributed by atoms with Crippen LogP contribution in [-0.4, -0.2) is 36.1 Å². The van der Waals surface area contributed by atoms with Crippen molar-refractivity contribution >= 4 is 17.6 Å². The summed E-state index contributed by atoms with van der Waals surface area (Å²) in [5, 5.41) is 5.57. The van der Waals surface area contributed by atoms with E-state index in [4.69, 9.17) is 4.74 Å². The van der Waals surface area contributed by atoms with Crippen LogP contribution in [-0.2, 0) is 20.7 Å². The molecule has 1 atom stereocenters. The Labute approximate surface area is 194 Å². The highest BCUT2D eigenvalue weighted by molar-refractivity contribution is 5.96. The van der Waals surface area contributed by atoms with Crippen LogP contribution in [0.25, 0.3) is 11.1 Å². The summed E-state index contributed by atoms with van der Waals surface area (Å²) in [6, 6.07) is 16.8. The van der Waals surface area contributed by atoms with E-state index in [1.54, 1.807) is 43.6 Å². The van der Waals surface area contributed by atoms with Gasteiger partial charge in [-0.3, -0.25) is 19.9 Å². The van der Waals surface area contributed by atoms with Crippen LogP contribution >= 0.6 is 0 Å². The van der Waals surface area contributed by atoms with Gasteiger partial charge in [0.1, 0.15) is 5.82 Å². The molecule has 0 spiro atoms. The SMILES string of the molecule is CC.CCOC(=O)CNC(Cc1ccccc1)C(=O)Nc1cc(-c2ccncc2)ccc1F. The molecule has 0 bridgehead atoms. The first-order valence-corrected chi connectivity index (χ1v) is 11.0. The number of hydrogen-bond acceptors (Lipinski definition) is 5. The summed E-state index contributed by atoms with van der Waals surface area (Å²) in [6.45, 7) is 5.84. The summed E-state index contributed by atoms with van der Waals surface area (Å²) in [7, 11) is 0. The van der Waals surface area contributed by atoms with E-state index in [9.17, 15) is 14.0 Å². The lowest BCUT2D eigenvalue weighted by Crippen LogP contribution is -2.44. The van der Waals surface area contributed by atoms with Crippen molar-refractivity contribution < 1.29 is 18.7 Å². The van der Waals surface area contributed by atoms with E-state index in [0.29, 0.717) is 6.42 Å². The van der Waals surface area contributed by atoms with Crippen LogP contribution < -0.4 is 10.6 Å². The van der Waals surface area contributed by atoms with Crippen LogP contribution in [0, 0.1) is 5.82 Å². The number of hydrogen-bond donors (Lipinski definition) is 2. The molecule has 7 heteroatoms. The average Bonchev–Trinajstić information content (AvgIpc) is 2.85. The number of nitrogens with zero attached hydrogens (tertiary/aromatic N) is 1. The third kappa shape index (κ3) is 8.12. The second kappa shape index (κ2) is 13.8. The number of anilines is 1. The normalized spacial score (nSPS) is 11.0. The molecule has 1 unspecified atom stereocenters.